The second-order valence-electron chi connectivity index (χ2n) is 7.90. The van der Waals surface area contributed by atoms with Crippen LogP contribution in [0.1, 0.15) is 24.0 Å². The van der Waals surface area contributed by atoms with Crippen LogP contribution in [0, 0.1) is 12.3 Å². The van der Waals surface area contributed by atoms with Crippen LogP contribution in [0.5, 0.6) is 11.5 Å². The normalized spacial score (nSPS) is 14.5. The third-order valence-corrected chi connectivity index (χ3v) is 5.98. The Morgan fingerprint density at radius 3 is 2.59 bits per heavy atom. The van der Waals surface area contributed by atoms with Crippen molar-refractivity contribution >= 4 is 17.5 Å². The highest BCUT2D eigenvalue weighted by Gasteiger charge is 2.48. The van der Waals surface area contributed by atoms with Crippen molar-refractivity contribution in [3.63, 3.8) is 0 Å². The molecule has 2 amide bonds. The molecule has 3 rings (SSSR count). The van der Waals surface area contributed by atoms with Gasteiger partial charge in [-0.1, -0.05) is 12.1 Å². The van der Waals surface area contributed by atoms with E-state index in [4.69, 9.17) is 20.6 Å². The topological polar surface area (TPSA) is 77.1 Å². The molecule has 2 aromatic rings. The molecule has 1 fully saturated rings. The van der Waals surface area contributed by atoms with E-state index < -0.39 is 18.1 Å². The quantitative estimate of drug-likeness (QED) is 0.573. The Bertz CT molecular complexity index is 1060. The molecular weight excluding hydrogens is 439 g/mol. The highest BCUT2D eigenvalue weighted by Crippen LogP contribution is 2.34. The predicted octanol–water partition coefficient (Wildman–Crippen LogP) is 3.05. The van der Waals surface area contributed by atoms with E-state index in [9.17, 15) is 14.0 Å². The van der Waals surface area contributed by atoms with Gasteiger partial charge in [0.1, 0.15) is 17.0 Å². The van der Waals surface area contributed by atoms with Crippen molar-refractivity contribution in [1.29, 1.82) is 0 Å². The summed E-state index contributed by atoms with van der Waals surface area (Å²) < 4.78 is 29.1. The first-order chi connectivity index (χ1) is 16.5. The maximum atomic E-state index is 13.7. The Morgan fingerprint density at radius 2 is 1.94 bits per heavy atom. The van der Waals surface area contributed by atoms with Gasteiger partial charge < -0.3 is 19.5 Å². The van der Waals surface area contributed by atoms with E-state index >= 15 is 0 Å². The summed E-state index contributed by atoms with van der Waals surface area (Å²) in [7, 11) is 3.10. The van der Waals surface area contributed by atoms with E-state index in [1.165, 1.54) is 12.0 Å². The number of carbonyl (C=O) groups excluding carboxylic acids is 2. The number of terminal acetylenes is 1. The van der Waals surface area contributed by atoms with Crippen LogP contribution in [0.3, 0.4) is 0 Å². The van der Waals surface area contributed by atoms with Crippen LogP contribution in [-0.4, -0.2) is 51.5 Å². The second-order valence-corrected chi connectivity index (χ2v) is 7.90. The Hall–Kier alpha value is -3.57. The van der Waals surface area contributed by atoms with Crippen molar-refractivity contribution in [2.24, 2.45) is 0 Å². The van der Waals surface area contributed by atoms with E-state index in [1.54, 1.807) is 49.6 Å². The minimum Gasteiger partial charge on any atom is -0.497 e. The number of hydrogen-bond donors (Lipinski definition) is 1. The number of amides is 2. The fourth-order valence-electron chi connectivity index (χ4n) is 4.18. The standard InChI is InChI=1S/C26H29FN2O5/c1-4-24(30)29(21-7-5-6-19(16-21)10-13-27)26(11-14-34-15-12-26)25(31)28-18-20-8-9-22(32-2)17-23(20)33-3/h1,5-9,16-17H,10-15,18H2,2-3H3,(H,28,31). The maximum absolute atomic E-state index is 13.7. The molecule has 7 nitrogen and oxygen atoms in total. The van der Waals surface area contributed by atoms with Crippen LogP contribution < -0.4 is 19.7 Å². The summed E-state index contributed by atoms with van der Waals surface area (Å²) in [6.45, 7) is 0.222. The van der Waals surface area contributed by atoms with Crippen molar-refractivity contribution in [3.05, 3.63) is 53.6 Å². The number of alkyl halides is 1. The fraction of sp³-hybridized carbons (Fsp3) is 0.385. The van der Waals surface area contributed by atoms with Crippen LogP contribution in [0.25, 0.3) is 0 Å². The molecule has 0 spiro atoms. The summed E-state index contributed by atoms with van der Waals surface area (Å²) in [4.78, 5) is 28.1. The Kier molecular flexibility index (Phi) is 8.50. The van der Waals surface area contributed by atoms with Gasteiger partial charge in [-0.25, -0.2) is 0 Å². The van der Waals surface area contributed by atoms with Gasteiger partial charge in [0, 0.05) is 56.3 Å². The van der Waals surface area contributed by atoms with Gasteiger partial charge in [0.2, 0.25) is 5.91 Å². The third kappa shape index (κ3) is 5.32. The number of methoxy groups -OCH3 is 2. The minimum atomic E-state index is -1.25. The zero-order valence-electron chi connectivity index (χ0n) is 19.4. The van der Waals surface area contributed by atoms with Crippen molar-refractivity contribution in [1.82, 2.24) is 5.32 Å². The molecule has 1 saturated heterocycles. The van der Waals surface area contributed by atoms with Gasteiger partial charge in [0.15, 0.2) is 0 Å². The van der Waals surface area contributed by atoms with Crippen LogP contribution in [0.15, 0.2) is 42.5 Å². The van der Waals surface area contributed by atoms with Crippen LogP contribution in [-0.2, 0) is 27.3 Å². The van der Waals surface area contributed by atoms with Crippen molar-refractivity contribution in [3.8, 4) is 23.8 Å². The molecule has 0 unspecified atom stereocenters. The molecule has 8 heteroatoms. The Labute approximate surface area is 199 Å². The summed E-state index contributed by atoms with van der Waals surface area (Å²) >= 11 is 0. The molecule has 180 valence electrons. The number of nitrogens with one attached hydrogen (secondary N) is 1. The van der Waals surface area contributed by atoms with Gasteiger partial charge in [0.05, 0.1) is 20.9 Å². The summed E-state index contributed by atoms with van der Waals surface area (Å²) in [6.07, 6.45) is 6.24. The van der Waals surface area contributed by atoms with Gasteiger partial charge in [0.25, 0.3) is 0 Å². The average Bonchev–Trinajstić information content (AvgIpc) is 2.88. The van der Waals surface area contributed by atoms with Gasteiger partial charge in [-0.2, -0.15) is 0 Å². The smallest absolute Gasteiger partial charge is 0.303 e. The SMILES string of the molecule is C#CC(=O)N(c1cccc(CCF)c1)C1(C(=O)NCc2ccc(OC)cc2OC)CCOCC1. The number of hydrogen-bond acceptors (Lipinski definition) is 5. The molecule has 0 saturated carbocycles. The van der Waals surface area contributed by atoms with Crippen LogP contribution in [0.2, 0.25) is 0 Å². The van der Waals surface area contributed by atoms with E-state index in [0.29, 0.717) is 22.7 Å². The van der Waals surface area contributed by atoms with Crippen molar-refractivity contribution in [2.75, 3.05) is 39.0 Å². The third-order valence-electron chi connectivity index (χ3n) is 5.98. The predicted molar refractivity (Wildman–Crippen MR) is 127 cm³/mol. The summed E-state index contributed by atoms with van der Waals surface area (Å²) in [6, 6.07) is 12.2. The molecule has 0 bridgehead atoms. The van der Waals surface area contributed by atoms with Gasteiger partial charge in [-0.3, -0.25) is 18.9 Å². The lowest BCUT2D eigenvalue weighted by atomic mass is 9.85. The van der Waals surface area contributed by atoms with E-state index in [0.717, 1.165) is 5.56 Å². The number of nitrogens with zero attached hydrogens (tertiary/aromatic N) is 1. The molecule has 2 aromatic carbocycles. The second kappa shape index (κ2) is 11.5. The zero-order valence-corrected chi connectivity index (χ0v) is 19.4. The Morgan fingerprint density at radius 1 is 1.18 bits per heavy atom. The fourth-order valence-corrected chi connectivity index (χ4v) is 4.18. The highest BCUT2D eigenvalue weighted by atomic mass is 19.1. The first-order valence-electron chi connectivity index (χ1n) is 11.0. The van der Waals surface area contributed by atoms with E-state index in [1.807, 2.05) is 0 Å². The number of benzene rings is 2. The maximum Gasteiger partial charge on any atom is 0.303 e. The molecule has 1 heterocycles. The minimum absolute atomic E-state index is 0.175. The first-order valence-corrected chi connectivity index (χ1v) is 11.0. The number of carbonyl (C=O) groups is 2. The molecule has 0 atom stereocenters. The molecule has 0 aromatic heterocycles. The largest absolute Gasteiger partial charge is 0.497 e. The highest BCUT2D eigenvalue weighted by molar-refractivity contribution is 6.11. The number of halogens is 1. The first kappa shape index (κ1) is 25.1. The Balaban J connectivity index is 1.95. The van der Waals surface area contributed by atoms with Crippen molar-refractivity contribution < 1.29 is 28.2 Å². The molecule has 34 heavy (non-hydrogen) atoms. The van der Waals surface area contributed by atoms with Gasteiger partial charge in [-0.15, -0.1) is 6.42 Å². The lowest BCUT2D eigenvalue weighted by Crippen LogP contribution is -2.63. The molecule has 0 radical (unpaired) electrons. The number of aryl methyl sites for hydroxylation is 1. The molecular formula is C26H29FN2O5. The molecule has 0 aliphatic carbocycles. The van der Waals surface area contributed by atoms with Crippen LogP contribution >= 0.6 is 0 Å². The number of anilines is 1. The zero-order chi connectivity index (χ0) is 24.6. The monoisotopic (exact) mass is 468 g/mol. The summed E-state index contributed by atoms with van der Waals surface area (Å²) in [5, 5.41) is 2.95. The number of ether oxygens (including phenoxy) is 3. The molecule has 1 N–H and O–H groups in total. The number of rotatable bonds is 9. The van der Waals surface area contributed by atoms with E-state index in [-0.39, 0.29) is 44.9 Å². The lowest BCUT2D eigenvalue weighted by Gasteiger charge is -2.44. The summed E-state index contributed by atoms with van der Waals surface area (Å²) in [5.41, 5.74) is 0.655. The van der Waals surface area contributed by atoms with Crippen LogP contribution in [0.4, 0.5) is 10.1 Å². The van der Waals surface area contributed by atoms with Gasteiger partial charge in [-0.05, 0) is 35.7 Å². The summed E-state index contributed by atoms with van der Waals surface area (Å²) in [5.74, 6) is 2.36. The van der Waals surface area contributed by atoms with Crippen molar-refractivity contribution in [2.45, 2.75) is 31.3 Å². The van der Waals surface area contributed by atoms with Gasteiger partial charge >= 0.3 is 5.91 Å². The molecule has 1 aliphatic heterocycles. The molecule has 1 aliphatic rings. The average molecular weight is 469 g/mol. The van der Waals surface area contributed by atoms with E-state index in [2.05, 4.69) is 11.2 Å². The lowest BCUT2D eigenvalue weighted by molar-refractivity contribution is -0.133.